The van der Waals surface area contributed by atoms with Crippen LogP contribution in [0.25, 0.3) is 11.1 Å². The highest BCUT2D eigenvalue weighted by Crippen LogP contribution is 2.32. The van der Waals surface area contributed by atoms with Crippen LogP contribution in [-0.4, -0.2) is 38.0 Å². The van der Waals surface area contributed by atoms with Crippen LogP contribution >= 0.6 is 11.6 Å². The molecule has 6 heteroatoms. The summed E-state index contributed by atoms with van der Waals surface area (Å²) in [4.78, 5) is 2.13. The van der Waals surface area contributed by atoms with E-state index in [1.54, 1.807) is 0 Å². The Hall–Kier alpha value is -1.85. The molecule has 0 bridgehead atoms. The molecule has 0 saturated carbocycles. The number of nitrogens with zero attached hydrogens (tertiary/aromatic N) is 2. The fourth-order valence-electron chi connectivity index (χ4n) is 3.58. The number of rotatable bonds is 2. The monoisotopic (exact) mass is 374 g/mol. The molecule has 4 rings (SSSR count). The van der Waals surface area contributed by atoms with Crippen molar-refractivity contribution in [3.05, 3.63) is 59.1 Å². The number of hydrogen-bond acceptors (Lipinski definition) is 3. The molecule has 1 saturated heterocycles. The van der Waals surface area contributed by atoms with Crippen molar-refractivity contribution in [2.45, 2.75) is 18.8 Å². The van der Waals surface area contributed by atoms with Gasteiger partial charge in [-0.25, -0.2) is 8.42 Å². The Bertz CT molecular complexity index is 905. The summed E-state index contributed by atoms with van der Waals surface area (Å²) in [7, 11) is -3.32. The van der Waals surface area contributed by atoms with Crippen LogP contribution in [-0.2, 0) is 10.0 Å². The first-order valence-corrected chi connectivity index (χ1v) is 10.4. The predicted molar refractivity (Wildman–Crippen MR) is 102 cm³/mol. The van der Waals surface area contributed by atoms with Gasteiger partial charge in [-0.15, -0.1) is 4.40 Å². The van der Waals surface area contributed by atoms with Gasteiger partial charge in [0.15, 0.2) is 0 Å². The van der Waals surface area contributed by atoms with E-state index < -0.39 is 10.0 Å². The average molecular weight is 375 g/mol. The molecule has 0 amide bonds. The molecule has 0 aromatic heterocycles. The number of fused-ring (bicyclic) bond motifs is 1. The topological polar surface area (TPSA) is 49.7 Å². The lowest BCUT2D eigenvalue weighted by molar-refractivity contribution is 0.366. The van der Waals surface area contributed by atoms with Gasteiger partial charge in [0, 0.05) is 24.0 Å². The van der Waals surface area contributed by atoms with Crippen LogP contribution in [0, 0.1) is 0 Å². The van der Waals surface area contributed by atoms with Crippen molar-refractivity contribution < 1.29 is 8.42 Å². The van der Waals surface area contributed by atoms with Crippen LogP contribution < -0.4 is 0 Å². The number of sulfonamides is 1. The smallest absolute Gasteiger partial charge is 0.256 e. The summed E-state index contributed by atoms with van der Waals surface area (Å²) in [6, 6.07) is 16.1. The number of hydrogen-bond donors (Lipinski definition) is 0. The molecular weight excluding hydrogens is 356 g/mol. The minimum atomic E-state index is -3.32. The highest BCUT2D eigenvalue weighted by atomic mass is 35.5. The van der Waals surface area contributed by atoms with Crippen LogP contribution in [0.2, 0.25) is 5.02 Å². The quantitative estimate of drug-likeness (QED) is 0.800. The minimum absolute atomic E-state index is 0.0584. The third-order valence-electron chi connectivity index (χ3n) is 4.90. The molecular formula is C19H19ClN2O2S. The SMILES string of the molecule is O=S1(=O)CCN2CCC[C@@H](c3ccc(-c4ccc(Cl)cc4)cc3)C2=N1. The van der Waals surface area contributed by atoms with Crippen molar-refractivity contribution in [1.82, 2.24) is 4.90 Å². The normalized spacial score (nSPS) is 22.2. The highest BCUT2D eigenvalue weighted by molar-refractivity contribution is 7.90. The molecule has 2 aromatic carbocycles. The van der Waals surface area contributed by atoms with Crippen molar-refractivity contribution in [3.63, 3.8) is 0 Å². The molecule has 25 heavy (non-hydrogen) atoms. The molecule has 2 heterocycles. The molecule has 2 aliphatic heterocycles. The van der Waals surface area contributed by atoms with Crippen LogP contribution in [0.5, 0.6) is 0 Å². The summed E-state index contributed by atoms with van der Waals surface area (Å²) in [6.45, 7) is 1.45. The van der Waals surface area contributed by atoms with Crippen LogP contribution in [0.15, 0.2) is 52.9 Å². The molecule has 130 valence electrons. The third-order valence-corrected chi connectivity index (χ3v) is 6.31. The Morgan fingerprint density at radius 2 is 1.60 bits per heavy atom. The van der Waals surface area contributed by atoms with Gasteiger partial charge in [0.25, 0.3) is 10.0 Å². The van der Waals surface area contributed by atoms with E-state index in [0.29, 0.717) is 6.54 Å². The Morgan fingerprint density at radius 3 is 2.28 bits per heavy atom. The van der Waals surface area contributed by atoms with Crippen molar-refractivity contribution >= 4 is 27.5 Å². The standard InChI is InChI=1S/C19H19ClN2O2S/c20-17-9-7-15(8-10-17)14-3-5-16(6-4-14)18-2-1-11-22-12-13-25(23,24)21-19(18)22/h3-10,18H,1-2,11-13H2/t18-/m0/s1. The van der Waals surface area contributed by atoms with Gasteiger partial charge in [0.1, 0.15) is 5.84 Å². The zero-order valence-corrected chi connectivity index (χ0v) is 15.3. The second kappa shape index (κ2) is 6.46. The summed E-state index contributed by atoms with van der Waals surface area (Å²) in [5.74, 6) is 0.901. The number of benzene rings is 2. The number of amidine groups is 1. The summed E-state index contributed by atoms with van der Waals surface area (Å²) in [5.41, 5.74) is 3.35. The maximum Gasteiger partial charge on any atom is 0.256 e. The van der Waals surface area contributed by atoms with E-state index in [4.69, 9.17) is 11.6 Å². The van der Waals surface area contributed by atoms with Gasteiger partial charge >= 0.3 is 0 Å². The van der Waals surface area contributed by atoms with Crippen molar-refractivity contribution in [2.75, 3.05) is 18.8 Å². The van der Waals surface area contributed by atoms with E-state index in [2.05, 4.69) is 33.6 Å². The van der Waals surface area contributed by atoms with Crippen molar-refractivity contribution in [3.8, 4) is 11.1 Å². The molecule has 0 radical (unpaired) electrons. The van der Waals surface area contributed by atoms with E-state index in [9.17, 15) is 8.42 Å². The van der Waals surface area contributed by atoms with E-state index in [1.807, 2.05) is 24.3 Å². The van der Waals surface area contributed by atoms with Gasteiger partial charge in [-0.1, -0.05) is 48.0 Å². The largest absolute Gasteiger partial charge is 0.358 e. The molecule has 0 unspecified atom stereocenters. The number of piperidine rings is 1. The van der Waals surface area contributed by atoms with E-state index in [0.717, 1.165) is 46.9 Å². The van der Waals surface area contributed by atoms with Gasteiger partial charge in [0.05, 0.1) is 5.75 Å². The maximum atomic E-state index is 11.9. The molecule has 1 fully saturated rings. The Labute approximate surface area is 153 Å². The highest BCUT2D eigenvalue weighted by Gasteiger charge is 2.33. The van der Waals surface area contributed by atoms with Gasteiger partial charge in [-0.05, 0) is 41.7 Å². The summed E-state index contributed by atoms with van der Waals surface area (Å²) >= 11 is 5.95. The molecule has 2 aromatic rings. The van der Waals surface area contributed by atoms with E-state index in [-0.39, 0.29) is 11.7 Å². The second-order valence-electron chi connectivity index (χ2n) is 6.55. The zero-order chi connectivity index (χ0) is 17.4. The Balaban J connectivity index is 1.65. The Kier molecular flexibility index (Phi) is 4.29. The first-order valence-electron chi connectivity index (χ1n) is 8.45. The fraction of sp³-hybridized carbons (Fsp3) is 0.316. The zero-order valence-electron chi connectivity index (χ0n) is 13.7. The van der Waals surface area contributed by atoms with Crippen molar-refractivity contribution in [1.29, 1.82) is 0 Å². The Morgan fingerprint density at radius 1 is 0.960 bits per heavy atom. The fourth-order valence-corrected chi connectivity index (χ4v) is 4.77. The lowest BCUT2D eigenvalue weighted by Gasteiger charge is -2.37. The van der Waals surface area contributed by atoms with Gasteiger partial charge in [-0.2, -0.15) is 0 Å². The predicted octanol–water partition coefficient (Wildman–Crippen LogP) is 3.93. The lowest BCUT2D eigenvalue weighted by atomic mass is 9.88. The maximum absolute atomic E-state index is 11.9. The van der Waals surface area contributed by atoms with E-state index >= 15 is 0 Å². The van der Waals surface area contributed by atoms with Crippen molar-refractivity contribution in [2.24, 2.45) is 4.40 Å². The molecule has 1 atom stereocenters. The molecule has 2 aliphatic rings. The average Bonchev–Trinajstić information content (AvgIpc) is 2.61. The third kappa shape index (κ3) is 3.44. The van der Waals surface area contributed by atoms with Gasteiger partial charge in [-0.3, -0.25) is 0 Å². The molecule has 4 nitrogen and oxygen atoms in total. The molecule has 0 spiro atoms. The van der Waals surface area contributed by atoms with Gasteiger partial charge < -0.3 is 4.90 Å². The summed E-state index contributed by atoms with van der Waals surface area (Å²) in [6.07, 6.45) is 1.99. The van der Waals surface area contributed by atoms with Crippen LogP contribution in [0.3, 0.4) is 0 Å². The first kappa shape index (κ1) is 16.6. The summed E-state index contributed by atoms with van der Waals surface area (Å²) in [5, 5.41) is 0.721. The van der Waals surface area contributed by atoms with Crippen LogP contribution in [0.4, 0.5) is 0 Å². The van der Waals surface area contributed by atoms with E-state index in [1.165, 1.54) is 0 Å². The number of halogens is 1. The van der Waals surface area contributed by atoms with Crippen LogP contribution in [0.1, 0.15) is 24.3 Å². The molecule has 0 aliphatic carbocycles. The van der Waals surface area contributed by atoms with Gasteiger partial charge in [0.2, 0.25) is 0 Å². The lowest BCUT2D eigenvalue weighted by Crippen LogP contribution is -2.46. The molecule has 0 N–H and O–H groups in total. The summed E-state index contributed by atoms with van der Waals surface area (Å²) < 4.78 is 27.9. The second-order valence-corrected chi connectivity index (χ2v) is 8.74. The first-order chi connectivity index (χ1) is 12.0. The minimum Gasteiger partial charge on any atom is -0.358 e.